The Morgan fingerprint density at radius 1 is 1.35 bits per heavy atom. The second kappa shape index (κ2) is 8.49. The van der Waals surface area contributed by atoms with Crippen LogP contribution in [-0.2, 0) is 9.47 Å². The molecular weight excluding hydrogens is 334 g/mol. The molecule has 2 fully saturated rings. The van der Waals surface area contributed by atoms with E-state index < -0.39 is 5.97 Å². The summed E-state index contributed by atoms with van der Waals surface area (Å²) >= 11 is 0. The summed E-state index contributed by atoms with van der Waals surface area (Å²) in [6.45, 7) is 4.00. The first-order valence-corrected chi connectivity index (χ1v) is 9.37. The lowest BCUT2D eigenvalue weighted by Gasteiger charge is -2.28. The second-order valence-electron chi connectivity index (χ2n) is 6.89. The Hall–Kier alpha value is -2.15. The number of pyridine rings is 1. The maximum atomic E-state index is 12.1. The van der Waals surface area contributed by atoms with E-state index in [2.05, 4.69) is 4.98 Å². The molecule has 2 heterocycles. The molecule has 1 saturated heterocycles. The highest BCUT2D eigenvalue weighted by Crippen LogP contribution is 2.35. The number of aromatic nitrogens is 1. The lowest BCUT2D eigenvalue weighted by Crippen LogP contribution is -2.26. The van der Waals surface area contributed by atoms with E-state index in [0.717, 1.165) is 45.3 Å². The summed E-state index contributed by atoms with van der Waals surface area (Å²) in [6.07, 6.45) is 4.98. The maximum absolute atomic E-state index is 12.1. The fourth-order valence-electron chi connectivity index (χ4n) is 3.26. The van der Waals surface area contributed by atoms with Gasteiger partial charge in [0.05, 0.1) is 18.8 Å². The summed E-state index contributed by atoms with van der Waals surface area (Å²) < 4.78 is 16.5. The molecule has 7 nitrogen and oxygen atoms in total. The average molecular weight is 361 g/mol. The van der Waals surface area contributed by atoms with Gasteiger partial charge >= 0.3 is 5.97 Å². The van der Waals surface area contributed by atoms with Crippen molar-refractivity contribution >= 4 is 17.5 Å². The van der Waals surface area contributed by atoms with Crippen LogP contribution in [0.5, 0.6) is 5.75 Å². The second-order valence-corrected chi connectivity index (χ2v) is 6.89. The Labute approximate surface area is 153 Å². The zero-order valence-corrected chi connectivity index (χ0v) is 15.3. The van der Waals surface area contributed by atoms with Gasteiger partial charge in [0.2, 0.25) is 0 Å². The first-order chi connectivity index (χ1) is 12.6. The van der Waals surface area contributed by atoms with Gasteiger partial charge in [-0.15, -0.1) is 0 Å². The number of carbonyl (C=O) groups is 1. The van der Waals surface area contributed by atoms with Gasteiger partial charge < -0.3 is 25.4 Å². The molecule has 0 unspecified atom stereocenters. The predicted octanol–water partition coefficient (Wildman–Crippen LogP) is 2.81. The van der Waals surface area contributed by atoms with Crippen molar-refractivity contribution in [2.75, 3.05) is 32.2 Å². The molecule has 0 spiro atoms. The summed E-state index contributed by atoms with van der Waals surface area (Å²) in [7, 11) is 0. The Bertz CT molecular complexity index is 667. The highest BCUT2D eigenvalue weighted by atomic mass is 16.5. The highest BCUT2D eigenvalue weighted by Gasteiger charge is 2.29. The van der Waals surface area contributed by atoms with Crippen molar-refractivity contribution in [3.63, 3.8) is 0 Å². The summed E-state index contributed by atoms with van der Waals surface area (Å²) in [5.41, 5.74) is 7.22. The fraction of sp³-hybridized carbons (Fsp3) is 0.632. The quantitative estimate of drug-likeness (QED) is 0.571. The van der Waals surface area contributed by atoms with Crippen LogP contribution < -0.4 is 10.5 Å². The zero-order chi connectivity index (χ0) is 18.5. The number of hydrogen-bond acceptors (Lipinski definition) is 7. The molecule has 3 rings (SSSR count). The molecule has 142 valence electrons. The van der Waals surface area contributed by atoms with E-state index in [9.17, 15) is 4.79 Å². The number of ether oxygens (including phenoxy) is 3. The van der Waals surface area contributed by atoms with E-state index in [1.165, 1.54) is 0 Å². The summed E-state index contributed by atoms with van der Waals surface area (Å²) in [6, 6.07) is 1.57. The van der Waals surface area contributed by atoms with Crippen LogP contribution in [0.15, 0.2) is 6.07 Å². The normalized spacial score (nSPS) is 18.2. The van der Waals surface area contributed by atoms with Crippen molar-refractivity contribution in [3.05, 3.63) is 17.3 Å². The van der Waals surface area contributed by atoms with Crippen LogP contribution in [0, 0.1) is 17.2 Å². The van der Waals surface area contributed by atoms with Crippen LogP contribution in [0.1, 0.15) is 55.1 Å². The molecule has 1 aromatic rings. The minimum atomic E-state index is -0.531. The standard InChI is InChI=1S/C19H27N3O4/c1-2-25-19(23)14-10-15(26-11-12-6-8-24-9-7-12)16(18(21)22-14)17(20)13-4-3-5-13/h10,12-13,20H,2-9,11H2,1H3,(H2,21,22). The molecule has 0 amide bonds. The molecule has 0 bridgehead atoms. The van der Waals surface area contributed by atoms with E-state index in [1.807, 2.05) is 0 Å². The van der Waals surface area contributed by atoms with Crippen LogP contribution >= 0.6 is 0 Å². The van der Waals surface area contributed by atoms with Crippen molar-refractivity contribution in [2.45, 2.75) is 39.0 Å². The van der Waals surface area contributed by atoms with Gasteiger partial charge in [0.25, 0.3) is 0 Å². The van der Waals surface area contributed by atoms with Gasteiger partial charge in [-0.1, -0.05) is 6.42 Å². The Kier molecular flexibility index (Phi) is 6.08. The molecular formula is C19H27N3O4. The Morgan fingerprint density at radius 3 is 2.69 bits per heavy atom. The van der Waals surface area contributed by atoms with Gasteiger partial charge in [-0.3, -0.25) is 0 Å². The Morgan fingerprint density at radius 2 is 2.08 bits per heavy atom. The van der Waals surface area contributed by atoms with E-state index in [4.69, 9.17) is 25.4 Å². The van der Waals surface area contributed by atoms with Gasteiger partial charge in [-0.25, -0.2) is 9.78 Å². The lowest BCUT2D eigenvalue weighted by molar-refractivity contribution is 0.0493. The number of carbonyl (C=O) groups excluding carboxylic acids is 1. The molecule has 1 aliphatic heterocycles. The number of anilines is 1. The van der Waals surface area contributed by atoms with Gasteiger partial charge in [-0.2, -0.15) is 0 Å². The molecule has 2 aliphatic rings. The summed E-state index contributed by atoms with van der Waals surface area (Å²) in [4.78, 5) is 16.2. The van der Waals surface area contributed by atoms with Gasteiger partial charge in [-0.05, 0) is 38.5 Å². The van der Waals surface area contributed by atoms with E-state index in [-0.39, 0.29) is 24.0 Å². The molecule has 1 aliphatic carbocycles. The first-order valence-electron chi connectivity index (χ1n) is 9.37. The topological polar surface area (TPSA) is 108 Å². The predicted molar refractivity (Wildman–Crippen MR) is 97.8 cm³/mol. The van der Waals surface area contributed by atoms with Gasteiger partial charge in [0, 0.05) is 30.9 Å². The Balaban J connectivity index is 1.85. The number of rotatable bonds is 7. The van der Waals surface area contributed by atoms with Crippen molar-refractivity contribution in [3.8, 4) is 5.75 Å². The van der Waals surface area contributed by atoms with E-state index in [0.29, 0.717) is 29.5 Å². The molecule has 0 atom stereocenters. The number of esters is 1. The third-order valence-corrected chi connectivity index (χ3v) is 5.09. The first kappa shape index (κ1) is 18.6. The van der Waals surface area contributed by atoms with Crippen molar-refractivity contribution < 1.29 is 19.0 Å². The van der Waals surface area contributed by atoms with Gasteiger partial charge in [0.1, 0.15) is 11.6 Å². The van der Waals surface area contributed by atoms with Crippen LogP contribution in [0.4, 0.5) is 5.82 Å². The van der Waals surface area contributed by atoms with Crippen LogP contribution in [0.2, 0.25) is 0 Å². The lowest BCUT2D eigenvalue weighted by atomic mass is 9.79. The number of nitrogens with zero attached hydrogens (tertiary/aromatic N) is 1. The summed E-state index contributed by atoms with van der Waals surface area (Å²) in [5.74, 6) is 0.683. The highest BCUT2D eigenvalue weighted by molar-refractivity contribution is 6.07. The molecule has 26 heavy (non-hydrogen) atoms. The van der Waals surface area contributed by atoms with Crippen LogP contribution in [-0.4, -0.2) is 43.1 Å². The van der Waals surface area contributed by atoms with Gasteiger partial charge in [0.15, 0.2) is 5.69 Å². The van der Waals surface area contributed by atoms with Crippen molar-refractivity contribution in [1.29, 1.82) is 5.41 Å². The van der Waals surface area contributed by atoms with Crippen molar-refractivity contribution in [2.24, 2.45) is 11.8 Å². The van der Waals surface area contributed by atoms with Crippen molar-refractivity contribution in [1.82, 2.24) is 4.98 Å². The van der Waals surface area contributed by atoms with E-state index in [1.54, 1.807) is 13.0 Å². The number of nitrogen functional groups attached to an aromatic ring is 1. The fourth-order valence-corrected chi connectivity index (χ4v) is 3.26. The number of hydrogen-bond donors (Lipinski definition) is 2. The SMILES string of the molecule is CCOC(=O)c1cc(OCC2CCOCC2)c(C(=N)C2CCC2)c(N)n1. The molecule has 0 aromatic carbocycles. The maximum Gasteiger partial charge on any atom is 0.357 e. The van der Waals surface area contributed by atoms with Crippen LogP contribution in [0.25, 0.3) is 0 Å². The minimum absolute atomic E-state index is 0.122. The molecule has 1 saturated carbocycles. The minimum Gasteiger partial charge on any atom is -0.492 e. The zero-order valence-electron chi connectivity index (χ0n) is 15.3. The molecule has 1 aromatic heterocycles. The third kappa shape index (κ3) is 4.15. The monoisotopic (exact) mass is 361 g/mol. The van der Waals surface area contributed by atoms with Crippen LogP contribution in [0.3, 0.4) is 0 Å². The number of nitrogens with one attached hydrogen (secondary N) is 1. The molecule has 3 N–H and O–H groups in total. The van der Waals surface area contributed by atoms with E-state index >= 15 is 0 Å². The largest absolute Gasteiger partial charge is 0.492 e. The summed E-state index contributed by atoms with van der Waals surface area (Å²) in [5, 5.41) is 8.51. The smallest absolute Gasteiger partial charge is 0.357 e. The number of nitrogens with two attached hydrogens (primary N) is 1. The molecule has 7 heteroatoms. The average Bonchev–Trinajstić information content (AvgIpc) is 2.59. The molecule has 0 radical (unpaired) electrons. The third-order valence-electron chi connectivity index (χ3n) is 5.09.